The first-order valence-electron chi connectivity index (χ1n) is 6.44. The number of benzene rings is 1. The van der Waals surface area contributed by atoms with Crippen LogP contribution in [0.4, 0.5) is 5.82 Å². The first-order chi connectivity index (χ1) is 9.60. The van der Waals surface area contributed by atoms with Crippen molar-refractivity contribution in [1.29, 1.82) is 0 Å². The van der Waals surface area contributed by atoms with Gasteiger partial charge in [-0.25, -0.2) is 14.8 Å². The minimum Gasteiger partial charge on any atom is -0.476 e. The molecule has 2 rings (SSSR count). The van der Waals surface area contributed by atoms with Crippen molar-refractivity contribution in [3.8, 4) is 0 Å². The van der Waals surface area contributed by atoms with Gasteiger partial charge in [-0.1, -0.05) is 31.2 Å². The largest absolute Gasteiger partial charge is 0.476 e. The second-order valence-electron chi connectivity index (χ2n) is 4.59. The predicted octanol–water partition coefficient (Wildman–Crippen LogP) is 2.37. The van der Waals surface area contributed by atoms with E-state index in [0.29, 0.717) is 12.4 Å². The Labute approximate surface area is 117 Å². The molecule has 0 bridgehead atoms. The van der Waals surface area contributed by atoms with E-state index in [1.807, 2.05) is 11.9 Å². The number of carboxylic acid groups (broad SMARTS) is 1. The number of hydrogen-bond acceptors (Lipinski definition) is 4. The molecule has 0 aliphatic rings. The highest BCUT2D eigenvalue weighted by Gasteiger charge is 2.08. The molecule has 0 saturated heterocycles. The van der Waals surface area contributed by atoms with E-state index in [1.165, 1.54) is 23.5 Å². The minimum atomic E-state index is -1.07. The maximum atomic E-state index is 10.7. The van der Waals surface area contributed by atoms with Crippen molar-refractivity contribution in [2.45, 2.75) is 19.9 Å². The average Bonchev–Trinajstić information content (AvgIpc) is 2.48. The average molecular weight is 271 g/mol. The van der Waals surface area contributed by atoms with Crippen LogP contribution in [0.25, 0.3) is 0 Å². The molecule has 0 fully saturated rings. The van der Waals surface area contributed by atoms with Crippen LogP contribution in [0, 0.1) is 0 Å². The maximum absolute atomic E-state index is 10.7. The summed E-state index contributed by atoms with van der Waals surface area (Å²) in [6, 6.07) is 8.41. The van der Waals surface area contributed by atoms with Crippen LogP contribution in [0.5, 0.6) is 0 Å². The molecule has 1 N–H and O–H groups in total. The molecular formula is C15H17N3O2. The van der Waals surface area contributed by atoms with Gasteiger partial charge in [-0.05, 0) is 17.5 Å². The molecule has 20 heavy (non-hydrogen) atoms. The Morgan fingerprint density at radius 1 is 1.15 bits per heavy atom. The SMILES string of the molecule is CCc1ccc(CN(C)c2cnc(C(=O)O)cn2)cc1. The molecular weight excluding hydrogens is 254 g/mol. The Hall–Kier alpha value is -2.43. The summed E-state index contributed by atoms with van der Waals surface area (Å²) in [5.74, 6) is -0.420. The highest BCUT2D eigenvalue weighted by atomic mass is 16.4. The minimum absolute atomic E-state index is 0.0468. The maximum Gasteiger partial charge on any atom is 0.356 e. The van der Waals surface area contributed by atoms with Crippen LogP contribution in [0.3, 0.4) is 0 Å². The first-order valence-corrected chi connectivity index (χ1v) is 6.44. The molecule has 1 aromatic carbocycles. The van der Waals surface area contributed by atoms with Gasteiger partial charge in [0.15, 0.2) is 5.69 Å². The highest BCUT2D eigenvalue weighted by molar-refractivity contribution is 5.84. The molecule has 0 atom stereocenters. The fraction of sp³-hybridized carbons (Fsp3) is 0.267. The number of rotatable bonds is 5. The van der Waals surface area contributed by atoms with Crippen LogP contribution in [-0.2, 0) is 13.0 Å². The number of carbonyl (C=O) groups is 1. The lowest BCUT2D eigenvalue weighted by molar-refractivity contribution is 0.0690. The lowest BCUT2D eigenvalue weighted by Crippen LogP contribution is -2.18. The van der Waals surface area contributed by atoms with E-state index >= 15 is 0 Å². The molecule has 1 aromatic heterocycles. The topological polar surface area (TPSA) is 66.3 Å². The number of aromatic nitrogens is 2. The third-order valence-electron chi connectivity index (χ3n) is 3.10. The van der Waals surface area contributed by atoms with Gasteiger partial charge in [0, 0.05) is 13.6 Å². The number of carboxylic acids is 1. The van der Waals surface area contributed by atoms with Crippen LogP contribution >= 0.6 is 0 Å². The van der Waals surface area contributed by atoms with Crippen molar-refractivity contribution in [2.24, 2.45) is 0 Å². The quantitative estimate of drug-likeness (QED) is 0.904. The number of hydrogen-bond donors (Lipinski definition) is 1. The van der Waals surface area contributed by atoms with Gasteiger partial charge in [-0.3, -0.25) is 0 Å². The molecule has 1 heterocycles. The smallest absolute Gasteiger partial charge is 0.356 e. The summed E-state index contributed by atoms with van der Waals surface area (Å²) in [6.45, 7) is 2.83. The van der Waals surface area contributed by atoms with Gasteiger partial charge < -0.3 is 10.0 Å². The van der Waals surface area contributed by atoms with Crippen LogP contribution in [-0.4, -0.2) is 28.1 Å². The second kappa shape index (κ2) is 6.14. The molecule has 0 spiro atoms. The van der Waals surface area contributed by atoms with Crippen LogP contribution < -0.4 is 4.90 Å². The Bertz CT molecular complexity index is 579. The molecule has 0 aliphatic heterocycles. The second-order valence-corrected chi connectivity index (χ2v) is 4.59. The molecule has 5 heteroatoms. The molecule has 104 valence electrons. The zero-order chi connectivity index (χ0) is 14.5. The van der Waals surface area contributed by atoms with Crippen molar-refractivity contribution in [3.05, 3.63) is 53.5 Å². The van der Waals surface area contributed by atoms with Crippen molar-refractivity contribution in [2.75, 3.05) is 11.9 Å². The van der Waals surface area contributed by atoms with Crippen molar-refractivity contribution in [1.82, 2.24) is 9.97 Å². The molecule has 0 saturated carbocycles. The van der Waals surface area contributed by atoms with Gasteiger partial charge in [-0.2, -0.15) is 0 Å². The molecule has 0 radical (unpaired) electrons. The Balaban J connectivity index is 2.06. The third kappa shape index (κ3) is 3.32. The standard InChI is InChI=1S/C15H17N3O2/c1-3-11-4-6-12(7-5-11)10-18(2)14-9-16-13(8-17-14)15(19)20/h4-9H,3,10H2,1-2H3,(H,19,20). The van der Waals surface area contributed by atoms with E-state index in [1.54, 1.807) is 0 Å². The van der Waals surface area contributed by atoms with E-state index in [-0.39, 0.29) is 5.69 Å². The summed E-state index contributed by atoms with van der Waals surface area (Å²) in [7, 11) is 1.90. The molecule has 0 aliphatic carbocycles. The lowest BCUT2D eigenvalue weighted by Gasteiger charge is -2.17. The van der Waals surface area contributed by atoms with Crippen molar-refractivity contribution in [3.63, 3.8) is 0 Å². The first kappa shape index (κ1) is 14.0. The summed E-state index contributed by atoms with van der Waals surface area (Å²) >= 11 is 0. The zero-order valence-electron chi connectivity index (χ0n) is 11.6. The van der Waals surface area contributed by atoms with Gasteiger partial charge in [0.05, 0.1) is 12.4 Å². The Kier molecular flexibility index (Phi) is 4.30. The van der Waals surface area contributed by atoms with Crippen LogP contribution in [0.15, 0.2) is 36.7 Å². The van der Waals surface area contributed by atoms with Crippen LogP contribution in [0.1, 0.15) is 28.5 Å². The summed E-state index contributed by atoms with van der Waals surface area (Å²) in [5, 5.41) is 8.78. The Morgan fingerprint density at radius 2 is 1.80 bits per heavy atom. The number of aromatic carboxylic acids is 1. The number of aryl methyl sites for hydroxylation is 1. The van der Waals surface area contributed by atoms with Gasteiger partial charge in [0.2, 0.25) is 0 Å². The molecule has 2 aromatic rings. The Morgan fingerprint density at radius 3 is 2.30 bits per heavy atom. The summed E-state index contributed by atoms with van der Waals surface area (Å²) < 4.78 is 0. The van der Waals surface area contributed by atoms with E-state index in [0.717, 1.165) is 6.42 Å². The van der Waals surface area contributed by atoms with E-state index in [9.17, 15) is 4.79 Å². The van der Waals surface area contributed by atoms with Gasteiger partial charge in [0.1, 0.15) is 5.82 Å². The monoisotopic (exact) mass is 271 g/mol. The van der Waals surface area contributed by atoms with Crippen molar-refractivity contribution >= 4 is 11.8 Å². The fourth-order valence-corrected chi connectivity index (χ4v) is 1.86. The third-order valence-corrected chi connectivity index (χ3v) is 3.10. The lowest BCUT2D eigenvalue weighted by atomic mass is 10.1. The van der Waals surface area contributed by atoms with Crippen molar-refractivity contribution < 1.29 is 9.90 Å². The van der Waals surface area contributed by atoms with E-state index in [4.69, 9.17) is 5.11 Å². The summed E-state index contributed by atoms with van der Waals surface area (Å²) in [6.07, 6.45) is 3.77. The van der Waals surface area contributed by atoms with E-state index < -0.39 is 5.97 Å². The van der Waals surface area contributed by atoms with E-state index in [2.05, 4.69) is 41.2 Å². The van der Waals surface area contributed by atoms with Gasteiger partial charge >= 0.3 is 5.97 Å². The van der Waals surface area contributed by atoms with Crippen LogP contribution in [0.2, 0.25) is 0 Å². The molecule has 0 amide bonds. The normalized spacial score (nSPS) is 10.3. The molecule has 0 unspecified atom stereocenters. The zero-order valence-corrected chi connectivity index (χ0v) is 11.6. The molecule has 5 nitrogen and oxygen atoms in total. The number of nitrogens with zero attached hydrogens (tertiary/aromatic N) is 3. The van der Waals surface area contributed by atoms with Gasteiger partial charge in [0.25, 0.3) is 0 Å². The highest BCUT2D eigenvalue weighted by Crippen LogP contribution is 2.12. The number of anilines is 1. The van der Waals surface area contributed by atoms with Gasteiger partial charge in [-0.15, -0.1) is 0 Å². The predicted molar refractivity (Wildman–Crippen MR) is 76.9 cm³/mol. The summed E-state index contributed by atoms with van der Waals surface area (Å²) in [5.41, 5.74) is 2.44. The fourth-order valence-electron chi connectivity index (χ4n) is 1.86. The summed E-state index contributed by atoms with van der Waals surface area (Å²) in [4.78, 5) is 20.6.